The Kier molecular flexibility index (Phi) is 6.83. The Balaban J connectivity index is 2.75. The van der Waals surface area contributed by atoms with Crippen molar-refractivity contribution in [1.82, 2.24) is 0 Å². The van der Waals surface area contributed by atoms with Gasteiger partial charge in [0.15, 0.2) is 12.4 Å². The Bertz CT molecular complexity index is 487. The molecule has 3 unspecified atom stereocenters. The maximum absolute atomic E-state index is 11.9. The van der Waals surface area contributed by atoms with E-state index in [1.165, 1.54) is 0 Å². The smallest absolute Gasteiger partial charge is 0.306 e. The van der Waals surface area contributed by atoms with Gasteiger partial charge in [0.2, 0.25) is 0 Å². The normalized spacial score (nSPS) is 34.3. The minimum atomic E-state index is -1.78. The monoisotopic (exact) mass is 350 g/mol. The fourth-order valence-electron chi connectivity index (χ4n) is 2.12. The molecule has 24 heavy (non-hydrogen) atoms. The van der Waals surface area contributed by atoms with Gasteiger partial charge in [0.25, 0.3) is 0 Å². The van der Waals surface area contributed by atoms with Crippen LogP contribution in [-0.4, -0.2) is 64.6 Å². The number of esters is 2. The third-order valence-corrected chi connectivity index (χ3v) is 3.24. The Labute approximate surface area is 144 Å². The lowest BCUT2D eigenvalue weighted by atomic mass is 9.99. The van der Waals surface area contributed by atoms with Crippen molar-refractivity contribution in [2.24, 2.45) is 11.8 Å². The van der Waals surface area contributed by atoms with Crippen LogP contribution in [0.3, 0.4) is 0 Å². The Hall–Kier alpha value is -1.22. The van der Waals surface area contributed by atoms with E-state index in [-0.39, 0.29) is 11.8 Å². The average molecular weight is 350 g/mol. The molecule has 1 fully saturated rings. The first-order valence-electron chi connectivity index (χ1n) is 9.04. The molecule has 8 heteroatoms. The lowest BCUT2D eigenvalue weighted by Crippen LogP contribution is -2.60. The van der Waals surface area contributed by atoms with Gasteiger partial charge in [-0.2, -0.15) is 0 Å². The molecule has 7 atom stereocenters. The molecular formula is C16H28O8. The number of carbonyl (C=O) groups excluding carboxylic acids is 2. The van der Waals surface area contributed by atoms with Crippen molar-refractivity contribution in [3.63, 3.8) is 0 Å². The number of ether oxygens (including phenoxy) is 3. The van der Waals surface area contributed by atoms with E-state index in [0.29, 0.717) is 0 Å². The second-order valence-corrected chi connectivity index (χ2v) is 6.40. The largest absolute Gasteiger partial charge is 0.463 e. The Morgan fingerprint density at radius 2 is 1.58 bits per heavy atom. The Morgan fingerprint density at radius 1 is 1.04 bits per heavy atom. The van der Waals surface area contributed by atoms with E-state index >= 15 is 0 Å². The third-order valence-electron chi connectivity index (χ3n) is 3.24. The molecule has 0 bridgehead atoms. The van der Waals surface area contributed by atoms with Gasteiger partial charge in [-0.3, -0.25) is 9.59 Å². The number of aliphatic hydroxyl groups is 3. The van der Waals surface area contributed by atoms with Crippen molar-refractivity contribution >= 4 is 11.9 Å². The molecule has 0 radical (unpaired) electrons. The summed E-state index contributed by atoms with van der Waals surface area (Å²) in [5.41, 5.74) is 0. The van der Waals surface area contributed by atoms with E-state index in [4.69, 9.17) is 17.0 Å². The highest BCUT2D eigenvalue weighted by Crippen LogP contribution is 2.24. The average Bonchev–Trinajstić information content (AvgIpc) is 2.58. The summed E-state index contributed by atoms with van der Waals surface area (Å²) in [4.78, 5) is 23.7. The van der Waals surface area contributed by atoms with E-state index in [2.05, 4.69) is 0 Å². The van der Waals surface area contributed by atoms with Gasteiger partial charge in [-0.1, -0.05) is 27.7 Å². The van der Waals surface area contributed by atoms with Crippen LogP contribution in [0.15, 0.2) is 0 Å². The van der Waals surface area contributed by atoms with Crippen LogP contribution in [0.1, 0.15) is 43.2 Å². The van der Waals surface area contributed by atoms with Crippen molar-refractivity contribution < 1.29 is 41.9 Å². The zero-order valence-electron chi connectivity index (χ0n) is 16.3. The minimum absolute atomic E-state index is 0.272. The second kappa shape index (κ2) is 9.31. The van der Waals surface area contributed by atoms with E-state index in [0.717, 1.165) is 0 Å². The number of rotatable bonds is 7. The Morgan fingerprint density at radius 3 is 2.12 bits per heavy atom. The highest BCUT2D eigenvalue weighted by molar-refractivity contribution is 5.70. The zero-order valence-corrected chi connectivity index (χ0v) is 14.3. The van der Waals surface area contributed by atoms with Gasteiger partial charge in [0, 0.05) is 15.5 Å². The van der Waals surface area contributed by atoms with Crippen molar-refractivity contribution in [3.05, 3.63) is 0 Å². The van der Waals surface area contributed by atoms with Crippen LogP contribution in [0, 0.1) is 11.8 Å². The summed E-state index contributed by atoms with van der Waals surface area (Å²) in [6, 6.07) is 0. The summed E-state index contributed by atoms with van der Waals surface area (Å²) in [5.74, 6) is -2.40. The maximum Gasteiger partial charge on any atom is 0.306 e. The summed E-state index contributed by atoms with van der Waals surface area (Å²) in [6.45, 7) is 6.13. The molecule has 3 N–H and O–H groups in total. The van der Waals surface area contributed by atoms with Crippen molar-refractivity contribution in [3.8, 4) is 0 Å². The first-order chi connectivity index (χ1) is 12.0. The fourth-order valence-corrected chi connectivity index (χ4v) is 2.12. The predicted molar refractivity (Wildman–Crippen MR) is 82.6 cm³/mol. The molecule has 1 heterocycles. The molecule has 140 valence electrons. The van der Waals surface area contributed by atoms with Crippen molar-refractivity contribution in [1.29, 1.82) is 0 Å². The van der Waals surface area contributed by atoms with Gasteiger partial charge < -0.3 is 29.5 Å². The molecule has 0 aromatic rings. The first-order valence-corrected chi connectivity index (χ1v) is 7.88. The lowest BCUT2D eigenvalue weighted by Gasteiger charge is -2.39. The molecule has 0 aromatic heterocycles. The van der Waals surface area contributed by atoms with Gasteiger partial charge in [-0.15, -0.1) is 0 Å². The van der Waals surface area contributed by atoms with Crippen molar-refractivity contribution in [2.45, 2.75) is 71.2 Å². The molecule has 1 aliphatic rings. The summed E-state index contributed by atoms with van der Waals surface area (Å²) < 4.78 is 30.2. The molecular weight excluding hydrogens is 320 g/mol. The molecule has 0 amide bonds. The number of hydrogen-bond donors (Lipinski definition) is 3. The number of hydrogen-bond acceptors (Lipinski definition) is 8. The molecule has 1 rings (SSSR count). The zero-order chi connectivity index (χ0) is 20.2. The standard InChI is InChI=1S/C16H28O8/c1-8(2)5-11(17)22-7-10-13(19)15(14(20)16(21)23-10)24-12(18)6-9(3)4/h8-10,13-16,19-21H,5-7H2,1-4H3/t10-,13-,14-,15+,16?/m1/s1/i5D,6D/t5?,6?,10-,13-,14-,15+,16?. The van der Waals surface area contributed by atoms with Crippen LogP contribution in [-0.2, 0) is 23.8 Å². The highest BCUT2D eigenvalue weighted by Gasteiger charge is 2.46. The SMILES string of the molecule is [2H]C(C(=O)OC[C@H]1OC(O)[C@H](O)[C@@H](OC(=O)C([2H])C(C)C)[C@@H]1O)C(C)C. The van der Waals surface area contributed by atoms with Gasteiger partial charge in [0.05, 0.1) is 0 Å². The van der Waals surface area contributed by atoms with Gasteiger partial charge in [-0.25, -0.2) is 0 Å². The van der Waals surface area contributed by atoms with Crippen LogP contribution < -0.4 is 0 Å². The van der Waals surface area contributed by atoms with E-state index in [9.17, 15) is 24.9 Å². The van der Waals surface area contributed by atoms with Gasteiger partial charge in [0.1, 0.15) is 24.9 Å². The van der Waals surface area contributed by atoms with E-state index < -0.39 is 62.0 Å². The second-order valence-electron chi connectivity index (χ2n) is 6.40. The van der Waals surface area contributed by atoms with Gasteiger partial charge in [-0.05, 0) is 11.8 Å². The van der Waals surface area contributed by atoms with E-state index in [1.54, 1.807) is 27.7 Å². The third kappa shape index (κ3) is 6.35. The molecule has 0 aromatic carbocycles. The highest BCUT2D eigenvalue weighted by atomic mass is 16.7. The molecule has 0 spiro atoms. The topological polar surface area (TPSA) is 123 Å². The van der Waals surface area contributed by atoms with Crippen LogP contribution in [0.25, 0.3) is 0 Å². The van der Waals surface area contributed by atoms with Crippen LogP contribution >= 0.6 is 0 Å². The van der Waals surface area contributed by atoms with Gasteiger partial charge >= 0.3 is 11.9 Å². The van der Waals surface area contributed by atoms with E-state index in [1.807, 2.05) is 0 Å². The summed E-state index contributed by atoms with van der Waals surface area (Å²) in [7, 11) is 0. The minimum Gasteiger partial charge on any atom is -0.463 e. The first kappa shape index (κ1) is 17.6. The maximum atomic E-state index is 11.9. The summed E-state index contributed by atoms with van der Waals surface area (Å²) in [6.07, 6.45) is -10.2. The summed E-state index contributed by atoms with van der Waals surface area (Å²) >= 11 is 0. The van der Waals surface area contributed by atoms with Crippen LogP contribution in [0.4, 0.5) is 0 Å². The molecule has 1 aliphatic heterocycles. The molecule has 8 nitrogen and oxygen atoms in total. The fraction of sp³-hybridized carbons (Fsp3) is 0.875. The molecule has 1 saturated heterocycles. The summed E-state index contributed by atoms with van der Waals surface area (Å²) in [5, 5.41) is 30.0. The van der Waals surface area contributed by atoms with Crippen LogP contribution in [0.2, 0.25) is 0 Å². The quantitative estimate of drug-likeness (QED) is 0.547. The number of carbonyl (C=O) groups is 2. The van der Waals surface area contributed by atoms with Crippen molar-refractivity contribution in [2.75, 3.05) is 6.61 Å². The van der Waals surface area contributed by atoms with Crippen LogP contribution in [0.5, 0.6) is 0 Å². The predicted octanol–water partition coefficient (Wildman–Crippen LogP) is -0.0274. The molecule has 0 saturated carbocycles. The number of aliphatic hydroxyl groups excluding tert-OH is 3. The molecule has 0 aliphatic carbocycles. The lowest BCUT2D eigenvalue weighted by molar-refractivity contribution is -0.290.